The Hall–Kier alpha value is -1.65. The summed E-state index contributed by atoms with van der Waals surface area (Å²) in [6, 6.07) is 13.5. The van der Waals surface area contributed by atoms with Gasteiger partial charge in [0.2, 0.25) is 5.91 Å². The third-order valence-corrected chi connectivity index (χ3v) is 4.04. The van der Waals surface area contributed by atoms with E-state index in [9.17, 15) is 9.90 Å². The molecule has 2 aromatic rings. The van der Waals surface area contributed by atoms with Crippen molar-refractivity contribution in [1.29, 1.82) is 0 Å². The average Bonchev–Trinajstić information content (AvgIpc) is 2.99. The fourth-order valence-corrected chi connectivity index (χ4v) is 2.68. The Morgan fingerprint density at radius 2 is 2.00 bits per heavy atom. The van der Waals surface area contributed by atoms with Crippen molar-refractivity contribution in [2.45, 2.75) is 25.4 Å². The second-order valence-corrected chi connectivity index (χ2v) is 5.68. The van der Waals surface area contributed by atoms with Crippen molar-refractivity contribution in [2.75, 3.05) is 6.54 Å². The first-order valence-electron chi connectivity index (χ1n) is 6.78. The molecule has 4 heteroatoms. The molecule has 106 valence electrons. The first kappa shape index (κ1) is 14.8. The summed E-state index contributed by atoms with van der Waals surface area (Å²) in [7, 11) is 0. The fraction of sp³-hybridized carbons (Fsp3) is 0.312. The van der Waals surface area contributed by atoms with Crippen LogP contribution in [0.3, 0.4) is 0 Å². The molecule has 0 saturated carbocycles. The molecule has 3 nitrogen and oxygen atoms in total. The van der Waals surface area contributed by atoms with E-state index in [1.165, 1.54) is 4.88 Å². The molecule has 20 heavy (non-hydrogen) atoms. The Morgan fingerprint density at radius 1 is 1.20 bits per heavy atom. The molecule has 0 bridgehead atoms. The quantitative estimate of drug-likeness (QED) is 0.823. The van der Waals surface area contributed by atoms with Crippen molar-refractivity contribution in [2.24, 2.45) is 0 Å². The number of hydrogen-bond acceptors (Lipinski definition) is 3. The van der Waals surface area contributed by atoms with E-state index >= 15 is 0 Å². The third kappa shape index (κ3) is 4.79. The van der Waals surface area contributed by atoms with Crippen molar-refractivity contribution in [3.63, 3.8) is 0 Å². The number of aliphatic hydroxyl groups excluding tert-OH is 1. The van der Waals surface area contributed by atoms with Gasteiger partial charge in [-0.2, -0.15) is 0 Å². The highest BCUT2D eigenvalue weighted by atomic mass is 32.1. The molecule has 2 rings (SSSR count). The van der Waals surface area contributed by atoms with Gasteiger partial charge in [-0.15, -0.1) is 11.3 Å². The van der Waals surface area contributed by atoms with E-state index in [0.29, 0.717) is 19.4 Å². The van der Waals surface area contributed by atoms with Crippen LogP contribution in [0.1, 0.15) is 29.4 Å². The van der Waals surface area contributed by atoms with E-state index in [1.54, 1.807) is 11.3 Å². The SMILES string of the molecule is O=C(CCc1cccs1)NCC[C@@H](O)c1ccccc1. The van der Waals surface area contributed by atoms with Crippen molar-refractivity contribution < 1.29 is 9.90 Å². The van der Waals surface area contributed by atoms with Crippen molar-refractivity contribution in [3.8, 4) is 0 Å². The zero-order valence-electron chi connectivity index (χ0n) is 11.3. The monoisotopic (exact) mass is 289 g/mol. The maximum Gasteiger partial charge on any atom is 0.220 e. The Kier molecular flexibility index (Phi) is 5.77. The van der Waals surface area contributed by atoms with E-state index in [4.69, 9.17) is 0 Å². The lowest BCUT2D eigenvalue weighted by atomic mass is 10.1. The van der Waals surface area contributed by atoms with E-state index in [1.807, 2.05) is 47.8 Å². The summed E-state index contributed by atoms with van der Waals surface area (Å²) in [5, 5.41) is 14.8. The Morgan fingerprint density at radius 3 is 2.70 bits per heavy atom. The molecular weight excluding hydrogens is 270 g/mol. The number of aryl methyl sites for hydroxylation is 1. The number of aliphatic hydroxyl groups is 1. The molecule has 0 spiro atoms. The van der Waals surface area contributed by atoms with Crippen molar-refractivity contribution in [1.82, 2.24) is 5.32 Å². The van der Waals surface area contributed by atoms with Crippen LogP contribution in [-0.2, 0) is 11.2 Å². The van der Waals surface area contributed by atoms with Gasteiger partial charge in [0, 0.05) is 17.8 Å². The minimum atomic E-state index is -0.520. The normalized spacial score (nSPS) is 12.1. The molecule has 0 aliphatic heterocycles. The predicted octanol–water partition coefficient (Wildman–Crippen LogP) is 2.92. The molecule has 1 atom stereocenters. The second kappa shape index (κ2) is 7.82. The summed E-state index contributed by atoms with van der Waals surface area (Å²) in [6.45, 7) is 0.499. The number of carbonyl (C=O) groups excluding carboxylic acids is 1. The molecule has 0 radical (unpaired) electrons. The zero-order chi connectivity index (χ0) is 14.2. The van der Waals surface area contributed by atoms with Crippen LogP contribution >= 0.6 is 11.3 Å². The molecule has 1 heterocycles. The summed E-state index contributed by atoms with van der Waals surface area (Å²) >= 11 is 1.67. The van der Waals surface area contributed by atoms with Crippen LogP contribution in [0.4, 0.5) is 0 Å². The highest BCUT2D eigenvalue weighted by molar-refractivity contribution is 7.09. The minimum absolute atomic E-state index is 0.0404. The van der Waals surface area contributed by atoms with Crippen LogP contribution < -0.4 is 5.32 Å². The molecule has 1 aromatic carbocycles. The molecule has 0 aliphatic carbocycles. The topological polar surface area (TPSA) is 49.3 Å². The molecule has 0 fully saturated rings. The van der Waals surface area contributed by atoms with Gasteiger partial charge in [-0.1, -0.05) is 36.4 Å². The molecule has 0 aliphatic rings. The number of carbonyl (C=O) groups is 1. The number of rotatable bonds is 7. The third-order valence-electron chi connectivity index (χ3n) is 3.10. The predicted molar refractivity (Wildman–Crippen MR) is 81.7 cm³/mol. The van der Waals surface area contributed by atoms with Crippen LogP contribution in [0.25, 0.3) is 0 Å². The number of amides is 1. The highest BCUT2D eigenvalue weighted by Crippen LogP contribution is 2.15. The van der Waals surface area contributed by atoms with Crippen molar-refractivity contribution >= 4 is 17.2 Å². The van der Waals surface area contributed by atoms with Gasteiger partial charge >= 0.3 is 0 Å². The number of hydrogen-bond donors (Lipinski definition) is 2. The lowest BCUT2D eigenvalue weighted by Crippen LogP contribution is -2.25. The molecule has 0 saturated heterocycles. The van der Waals surface area contributed by atoms with Crippen LogP contribution in [0, 0.1) is 0 Å². The zero-order valence-corrected chi connectivity index (χ0v) is 12.1. The van der Waals surface area contributed by atoms with Gasteiger partial charge in [-0.05, 0) is 29.9 Å². The van der Waals surface area contributed by atoms with Crippen LogP contribution in [0.15, 0.2) is 47.8 Å². The van der Waals surface area contributed by atoms with E-state index in [2.05, 4.69) is 5.32 Å². The van der Waals surface area contributed by atoms with Gasteiger partial charge in [0.15, 0.2) is 0 Å². The van der Waals surface area contributed by atoms with Gasteiger partial charge < -0.3 is 10.4 Å². The lowest BCUT2D eigenvalue weighted by Gasteiger charge is -2.11. The number of thiophene rings is 1. The summed E-state index contributed by atoms with van der Waals surface area (Å²) in [5.74, 6) is 0.0404. The van der Waals surface area contributed by atoms with Crippen LogP contribution in [0.2, 0.25) is 0 Å². The second-order valence-electron chi connectivity index (χ2n) is 4.64. The van der Waals surface area contributed by atoms with E-state index in [0.717, 1.165) is 12.0 Å². The molecule has 1 amide bonds. The first-order valence-corrected chi connectivity index (χ1v) is 7.66. The van der Waals surface area contributed by atoms with Crippen molar-refractivity contribution in [3.05, 3.63) is 58.3 Å². The smallest absolute Gasteiger partial charge is 0.220 e. The maximum atomic E-state index is 11.7. The van der Waals surface area contributed by atoms with E-state index < -0.39 is 6.10 Å². The summed E-state index contributed by atoms with van der Waals surface area (Å²) < 4.78 is 0. The van der Waals surface area contributed by atoms with Crippen LogP contribution in [0.5, 0.6) is 0 Å². The van der Waals surface area contributed by atoms with Gasteiger partial charge in [0.25, 0.3) is 0 Å². The molecule has 2 N–H and O–H groups in total. The summed E-state index contributed by atoms with van der Waals surface area (Å²) in [6.07, 6.45) is 1.30. The Bertz CT molecular complexity index is 511. The highest BCUT2D eigenvalue weighted by Gasteiger charge is 2.08. The first-order chi connectivity index (χ1) is 9.75. The fourth-order valence-electron chi connectivity index (χ4n) is 1.97. The van der Waals surface area contributed by atoms with Gasteiger partial charge in [-0.25, -0.2) is 0 Å². The van der Waals surface area contributed by atoms with Gasteiger partial charge in [0.05, 0.1) is 6.10 Å². The Labute approximate surface area is 123 Å². The lowest BCUT2D eigenvalue weighted by molar-refractivity contribution is -0.121. The summed E-state index contributed by atoms with van der Waals surface area (Å²) in [4.78, 5) is 12.9. The van der Waals surface area contributed by atoms with Gasteiger partial charge in [-0.3, -0.25) is 4.79 Å². The summed E-state index contributed by atoms with van der Waals surface area (Å²) in [5.41, 5.74) is 0.889. The van der Waals surface area contributed by atoms with Crippen LogP contribution in [-0.4, -0.2) is 17.6 Å². The number of nitrogens with one attached hydrogen (secondary N) is 1. The molecule has 0 unspecified atom stereocenters. The largest absolute Gasteiger partial charge is 0.388 e. The average molecular weight is 289 g/mol. The Balaban J connectivity index is 1.64. The van der Waals surface area contributed by atoms with Gasteiger partial charge in [0.1, 0.15) is 0 Å². The molecule has 1 aromatic heterocycles. The van der Waals surface area contributed by atoms with E-state index in [-0.39, 0.29) is 5.91 Å². The standard InChI is InChI=1S/C16H19NO2S/c18-15(13-5-2-1-3-6-13)10-11-17-16(19)9-8-14-7-4-12-20-14/h1-7,12,15,18H,8-11H2,(H,17,19)/t15-/m1/s1. The number of benzene rings is 1. The molecular formula is C16H19NO2S. The minimum Gasteiger partial charge on any atom is -0.388 e. The maximum absolute atomic E-state index is 11.7.